The van der Waals surface area contributed by atoms with Gasteiger partial charge in [-0.2, -0.15) is 0 Å². The van der Waals surface area contributed by atoms with E-state index in [1.54, 1.807) is 0 Å². The first kappa shape index (κ1) is 7.99. The Morgan fingerprint density at radius 1 is 1.77 bits per heavy atom. The summed E-state index contributed by atoms with van der Waals surface area (Å²) in [6, 6.07) is 1.25. The maximum Gasteiger partial charge on any atom is 0.346 e. The molecule has 7 heteroatoms. The standard InChI is InChI=1S/C6H7N3O4/c10-9(11)5-1-6(8-7-5)13-4-2-12-3-4/h1,4H,2-3H2,(H,7,8). The minimum absolute atomic E-state index is 0.0251. The average molecular weight is 185 g/mol. The van der Waals surface area contributed by atoms with Crippen molar-refractivity contribution >= 4 is 5.82 Å². The zero-order valence-electron chi connectivity index (χ0n) is 6.60. The molecule has 1 fully saturated rings. The Balaban J connectivity index is 2.00. The fourth-order valence-corrected chi connectivity index (χ4v) is 0.901. The summed E-state index contributed by atoms with van der Waals surface area (Å²) in [6.07, 6.45) is -0.0251. The van der Waals surface area contributed by atoms with E-state index in [0.717, 1.165) is 0 Å². The first-order valence-electron chi connectivity index (χ1n) is 3.70. The van der Waals surface area contributed by atoms with Gasteiger partial charge in [-0.05, 0) is 10.0 Å². The molecule has 0 amide bonds. The SMILES string of the molecule is O=[N+]([O-])c1cc(OC2COC2)n[nH]1. The number of rotatable bonds is 3. The third-order valence-electron chi connectivity index (χ3n) is 1.63. The highest BCUT2D eigenvalue weighted by Crippen LogP contribution is 2.17. The Morgan fingerprint density at radius 2 is 2.54 bits per heavy atom. The molecule has 7 nitrogen and oxygen atoms in total. The number of ether oxygens (including phenoxy) is 2. The van der Waals surface area contributed by atoms with Gasteiger partial charge in [-0.15, -0.1) is 5.10 Å². The van der Waals surface area contributed by atoms with Crippen LogP contribution in [0.5, 0.6) is 5.88 Å². The molecule has 0 radical (unpaired) electrons. The molecule has 2 heterocycles. The van der Waals surface area contributed by atoms with Crippen molar-refractivity contribution < 1.29 is 14.4 Å². The number of aromatic nitrogens is 2. The Kier molecular flexibility index (Phi) is 1.85. The third-order valence-corrected chi connectivity index (χ3v) is 1.63. The zero-order valence-corrected chi connectivity index (χ0v) is 6.60. The number of hydrogen-bond acceptors (Lipinski definition) is 5. The van der Waals surface area contributed by atoms with Crippen molar-refractivity contribution in [3.8, 4) is 5.88 Å². The lowest BCUT2D eigenvalue weighted by Gasteiger charge is -2.24. The van der Waals surface area contributed by atoms with Gasteiger partial charge in [0, 0.05) is 0 Å². The molecule has 1 aliphatic heterocycles. The number of aromatic amines is 1. The van der Waals surface area contributed by atoms with Gasteiger partial charge in [0.05, 0.1) is 19.3 Å². The molecule has 1 N–H and O–H groups in total. The van der Waals surface area contributed by atoms with E-state index in [9.17, 15) is 10.1 Å². The summed E-state index contributed by atoms with van der Waals surface area (Å²) in [5.41, 5.74) is 0. The van der Waals surface area contributed by atoms with E-state index in [0.29, 0.717) is 13.2 Å². The molecule has 1 aliphatic rings. The molecule has 70 valence electrons. The van der Waals surface area contributed by atoms with Gasteiger partial charge in [-0.3, -0.25) is 0 Å². The summed E-state index contributed by atoms with van der Waals surface area (Å²) in [4.78, 5) is 9.68. The topological polar surface area (TPSA) is 90.3 Å². The van der Waals surface area contributed by atoms with Crippen LogP contribution in [0.3, 0.4) is 0 Å². The summed E-state index contributed by atoms with van der Waals surface area (Å²) in [5.74, 6) is 0.0650. The molecule has 0 aliphatic carbocycles. The van der Waals surface area contributed by atoms with Crippen LogP contribution in [0.1, 0.15) is 0 Å². The Hall–Kier alpha value is -1.63. The van der Waals surface area contributed by atoms with E-state index < -0.39 is 4.92 Å². The highest BCUT2D eigenvalue weighted by molar-refractivity contribution is 5.24. The van der Waals surface area contributed by atoms with E-state index in [1.807, 2.05) is 0 Å². The zero-order chi connectivity index (χ0) is 9.26. The van der Waals surface area contributed by atoms with E-state index in [2.05, 4.69) is 10.2 Å². The van der Waals surface area contributed by atoms with E-state index >= 15 is 0 Å². The average Bonchev–Trinajstić information content (AvgIpc) is 2.44. The molecule has 0 aromatic carbocycles. The molecular weight excluding hydrogens is 178 g/mol. The predicted molar refractivity (Wildman–Crippen MR) is 40.5 cm³/mol. The maximum absolute atomic E-state index is 10.2. The van der Waals surface area contributed by atoms with Crippen LogP contribution >= 0.6 is 0 Å². The maximum atomic E-state index is 10.2. The summed E-state index contributed by atoms with van der Waals surface area (Å²) < 4.78 is 10.1. The summed E-state index contributed by atoms with van der Waals surface area (Å²) in [5, 5.41) is 16.1. The third kappa shape index (κ3) is 1.59. The number of H-pyrrole nitrogens is 1. The molecule has 2 rings (SSSR count). The Bertz CT molecular complexity index is 319. The monoisotopic (exact) mass is 185 g/mol. The van der Waals surface area contributed by atoms with Crippen molar-refractivity contribution in [1.29, 1.82) is 0 Å². The van der Waals surface area contributed by atoms with Crippen LogP contribution in [-0.2, 0) is 4.74 Å². The number of hydrogen-bond donors (Lipinski definition) is 1. The minimum Gasteiger partial charge on any atom is -0.467 e. The second kappa shape index (κ2) is 3.02. The van der Waals surface area contributed by atoms with Gasteiger partial charge >= 0.3 is 5.82 Å². The molecule has 0 saturated carbocycles. The van der Waals surface area contributed by atoms with Crippen LogP contribution in [-0.4, -0.2) is 34.4 Å². The molecule has 13 heavy (non-hydrogen) atoms. The molecule has 0 bridgehead atoms. The highest BCUT2D eigenvalue weighted by Gasteiger charge is 2.22. The van der Waals surface area contributed by atoms with Crippen LogP contribution < -0.4 is 4.74 Å². The Labute approximate surface area is 72.8 Å². The first-order valence-corrected chi connectivity index (χ1v) is 3.70. The molecule has 0 spiro atoms. The van der Waals surface area contributed by atoms with Gasteiger partial charge in [0.1, 0.15) is 6.10 Å². The Morgan fingerprint density at radius 3 is 3.00 bits per heavy atom. The van der Waals surface area contributed by atoms with Gasteiger partial charge in [-0.1, -0.05) is 0 Å². The summed E-state index contributed by atoms with van der Waals surface area (Å²) in [6.45, 7) is 1.03. The number of nitrogens with one attached hydrogen (secondary N) is 1. The van der Waals surface area contributed by atoms with Crippen molar-refractivity contribution in [2.75, 3.05) is 13.2 Å². The van der Waals surface area contributed by atoms with E-state index in [4.69, 9.17) is 9.47 Å². The van der Waals surface area contributed by atoms with Gasteiger partial charge < -0.3 is 19.6 Å². The quantitative estimate of drug-likeness (QED) is 0.532. The van der Waals surface area contributed by atoms with E-state index in [-0.39, 0.29) is 17.8 Å². The van der Waals surface area contributed by atoms with Gasteiger partial charge in [-0.25, -0.2) is 0 Å². The number of nitrogens with zero attached hydrogens (tertiary/aromatic N) is 2. The van der Waals surface area contributed by atoms with Crippen molar-refractivity contribution in [3.63, 3.8) is 0 Å². The van der Waals surface area contributed by atoms with Crippen molar-refractivity contribution in [2.24, 2.45) is 0 Å². The second-order valence-electron chi connectivity index (χ2n) is 2.63. The van der Waals surface area contributed by atoms with E-state index in [1.165, 1.54) is 6.07 Å². The fourth-order valence-electron chi connectivity index (χ4n) is 0.901. The molecule has 1 aromatic heterocycles. The summed E-state index contributed by atoms with van der Waals surface area (Å²) >= 11 is 0. The smallest absolute Gasteiger partial charge is 0.346 e. The lowest BCUT2D eigenvalue weighted by Crippen LogP contribution is -2.38. The van der Waals surface area contributed by atoms with Crippen LogP contribution in [0, 0.1) is 10.1 Å². The molecule has 0 unspecified atom stereocenters. The lowest BCUT2D eigenvalue weighted by atomic mass is 10.3. The van der Waals surface area contributed by atoms with Crippen LogP contribution in [0.2, 0.25) is 0 Å². The summed E-state index contributed by atoms with van der Waals surface area (Å²) in [7, 11) is 0. The number of nitro groups is 1. The first-order chi connectivity index (χ1) is 6.25. The second-order valence-corrected chi connectivity index (χ2v) is 2.63. The lowest BCUT2D eigenvalue weighted by molar-refractivity contribution is -0.389. The molecule has 1 aromatic rings. The molecular formula is C6H7N3O4. The largest absolute Gasteiger partial charge is 0.467 e. The van der Waals surface area contributed by atoms with Gasteiger partial charge in [0.15, 0.2) is 0 Å². The highest BCUT2D eigenvalue weighted by atomic mass is 16.6. The van der Waals surface area contributed by atoms with Crippen molar-refractivity contribution in [1.82, 2.24) is 10.2 Å². The molecule has 0 atom stereocenters. The predicted octanol–water partition coefficient (Wildman–Crippen LogP) is 0.0955. The van der Waals surface area contributed by atoms with Gasteiger partial charge in [0.25, 0.3) is 5.88 Å². The van der Waals surface area contributed by atoms with Crippen LogP contribution in [0.25, 0.3) is 0 Å². The normalized spacial score (nSPS) is 16.6. The fraction of sp³-hybridized carbons (Fsp3) is 0.500. The van der Waals surface area contributed by atoms with Crippen LogP contribution in [0.4, 0.5) is 5.82 Å². The molecule has 1 saturated heterocycles. The minimum atomic E-state index is -0.558. The van der Waals surface area contributed by atoms with Gasteiger partial charge in [0.2, 0.25) is 0 Å². The van der Waals surface area contributed by atoms with Crippen LogP contribution in [0.15, 0.2) is 6.07 Å². The van der Waals surface area contributed by atoms with Crippen molar-refractivity contribution in [3.05, 3.63) is 16.2 Å². The van der Waals surface area contributed by atoms with Crippen molar-refractivity contribution in [2.45, 2.75) is 6.10 Å².